The van der Waals surface area contributed by atoms with E-state index in [1.54, 1.807) is 18.2 Å². The summed E-state index contributed by atoms with van der Waals surface area (Å²) in [6.07, 6.45) is 1.34. The van der Waals surface area contributed by atoms with Crippen molar-refractivity contribution in [2.24, 2.45) is 10.8 Å². The molecule has 28 heavy (non-hydrogen) atoms. The summed E-state index contributed by atoms with van der Waals surface area (Å²) in [4.78, 5) is 21.7. The van der Waals surface area contributed by atoms with Crippen molar-refractivity contribution in [2.75, 3.05) is 19.8 Å². The number of ether oxygens (including phenoxy) is 3. The van der Waals surface area contributed by atoms with E-state index in [-0.39, 0.29) is 19.0 Å². The molecular formula is C19H20FN3O5. The molecule has 2 amide bonds. The van der Waals surface area contributed by atoms with E-state index in [9.17, 15) is 14.0 Å². The van der Waals surface area contributed by atoms with E-state index in [0.29, 0.717) is 29.4 Å². The number of benzene rings is 2. The Morgan fingerprint density at radius 3 is 2.46 bits per heavy atom. The number of carbonyl (C=O) groups is 2. The molecule has 0 unspecified atom stereocenters. The standard InChI is InChI=1S/C19H20FN3O5/c1-2-26-17-11-13(12-22-23-19(25)18(21)24)3-8-16(17)28-10-9-27-15-6-4-14(20)5-7-15/h3-8,11-12H,2,9-10H2,1H3,(H2,21,24)(H,23,25)/b22-12+. The fraction of sp³-hybridized carbons (Fsp3) is 0.211. The van der Waals surface area contributed by atoms with Crippen molar-refractivity contribution < 1.29 is 28.2 Å². The van der Waals surface area contributed by atoms with Crippen LogP contribution in [0.15, 0.2) is 47.6 Å². The lowest BCUT2D eigenvalue weighted by Crippen LogP contribution is -2.32. The molecule has 0 saturated heterocycles. The summed E-state index contributed by atoms with van der Waals surface area (Å²) in [7, 11) is 0. The van der Waals surface area contributed by atoms with Crippen LogP contribution in [-0.2, 0) is 9.59 Å². The van der Waals surface area contributed by atoms with Crippen molar-refractivity contribution in [3.63, 3.8) is 0 Å². The Morgan fingerprint density at radius 1 is 1.07 bits per heavy atom. The average Bonchev–Trinajstić information content (AvgIpc) is 2.68. The maximum Gasteiger partial charge on any atom is 0.329 e. The zero-order valence-electron chi connectivity index (χ0n) is 15.2. The first kappa shape index (κ1) is 20.7. The zero-order valence-corrected chi connectivity index (χ0v) is 15.2. The zero-order chi connectivity index (χ0) is 20.4. The monoisotopic (exact) mass is 389 g/mol. The first-order chi connectivity index (χ1) is 13.5. The molecular weight excluding hydrogens is 369 g/mol. The molecule has 0 spiro atoms. The number of nitrogens with two attached hydrogens (primary N) is 1. The average molecular weight is 389 g/mol. The Hall–Kier alpha value is -3.62. The Kier molecular flexibility index (Phi) is 7.77. The van der Waals surface area contributed by atoms with Gasteiger partial charge in [-0.05, 0) is 55.0 Å². The van der Waals surface area contributed by atoms with Crippen molar-refractivity contribution >= 4 is 18.0 Å². The molecule has 3 N–H and O–H groups in total. The molecule has 0 atom stereocenters. The Morgan fingerprint density at radius 2 is 1.79 bits per heavy atom. The van der Waals surface area contributed by atoms with Crippen LogP contribution in [0.25, 0.3) is 0 Å². The highest BCUT2D eigenvalue weighted by molar-refractivity contribution is 6.34. The van der Waals surface area contributed by atoms with Crippen LogP contribution < -0.4 is 25.4 Å². The van der Waals surface area contributed by atoms with Crippen LogP contribution in [0.4, 0.5) is 4.39 Å². The van der Waals surface area contributed by atoms with Crippen molar-refractivity contribution in [1.82, 2.24) is 5.43 Å². The molecule has 2 aromatic rings. The molecule has 9 heteroatoms. The summed E-state index contributed by atoms with van der Waals surface area (Å²) in [5, 5.41) is 3.64. The number of halogens is 1. The number of primary amides is 1. The van der Waals surface area contributed by atoms with Crippen LogP contribution in [-0.4, -0.2) is 37.8 Å². The molecule has 8 nitrogen and oxygen atoms in total. The number of nitrogens with zero attached hydrogens (tertiary/aromatic N) is 1. The van der Waals surface area contributed by atoms with Gasteiger partial charge in [-0.25, -0.2) is 9.82 Å². The lowest BCUT2D eigenvalue weighted by Gasteiger charge is -2.13. The van der Waals surface area contributed by atoms with Gasteiger partial charge in [0.05, 0.1) is 12.8 Å². The molecule has 2 aromatic carbocycles. The Labute approximate surface area is 161 Å². The molecule has 0 aliphatic heterocycles. The maximum atomic E-state index is 12.9. The van der Waals surface area contributed by atoms with Crippen LogP contribution in [0, 0.1) is 5.82 Å². The molecule has 0 fully saturated rings. The van der Waals surface area contributed by atoms with Crippen LogP contribution in [0.2, 0.25) is 0 Å². The third kappa shape index (κ3) is 6.60. The third-order valence-corrected chi connectivity index (χ3v) is 3.29. The first-order valence-corrected chi connectivity index (χ1v) is 8.40. The number of amides is 2. The van der Waals surface area contributed by atoms with Gasteiger partial charge in [0.25, 0.3) is 0 Å². The molecule has 0 aliphatic rings. The molecule has 0 aromatic heterocycles. The number of hydrazone groups is 1. The number of rotatable bonds is 9. The highest BCUT2D eigenvalue weighted by Crippen LogP contribution is 2.28. The second kappa shape index (κ2) is 10.5. The quantitative estimate of drug-likeness (QED) is 0.293. The van der Waals surface area contributed by atoms with Gasteiger partial charge in [-0.2, -0.15) is 5.10 Å². The van der Waals surface area contributed by atoms with Gasteiger partial charge in [0.2, 0.25) is 0 Å². The minimum absolute atomic E-state index is 0.250. The van der Waals surface area contributed by atoms with E-state index in [4.69, 9.17) is 19.9 Å². The second-order valence-corrected chi connectivity index (χ2v) is 5.35. The lowest BCUT2D eigenvalue weighted by molar-refractivity contribution is -0.137. The molecule has 148 valence electrons. The van der Waals surface area contributed by atoms with Gasteiger partial charge in [-0.3, -0.25) is 9.59 Å². The van der Waals surface area contributed by atoms with Gasteiger partial charge < -0.3 is 19.9 Å². The Balaban J connectivity index is 1.92. The van der Waals surface area contributed by atoms with E-state index in [0.717, 1.165) is 0 Å². The van der Waals surface area contributed by atoms with Crippen LogP contribution >= 0.6 is 0 Å². The summed E-state index contributed by atoms with van der Waals surface area (Å²) in [6.45, 7) is 2.76. The maximum absolute atomic E-state index is 12.9. The summed E-state index contributed by atoms with van der Waals surface area (Å²) >= 11 is 0. The topological polar surface area (TPSA) is 112 Å². The largest absolute Gasteiger partial charge is 0.490 e. The highest BCUT2D eigenvalue weighted by atomic mass is 19.1. The lowest BCUT2D eigenvalue weighted by atomic mass is 10.2. The van der Waals surface area contributed by atoms with E-state index in [1.807, 2.05) is 12.3 Å². The van der Waals surface area contributed by atoms with Gasteiger partial charge in [0.1, 0.15) is 24.8 Å². The van der Waals surface area contributed by atoms with Gasteiger partial charge in [-0.15, -0.1) is 0 Å². The fourth-order valence-electron chi connectivity index (χ4n) is 2.06. The first-order valence-electron chi connectivity index (χ1n) is 8.40. The predicted molar refractivity (Wildman–Crippen MR) is 99.9 cm³/mol. The van der Waals surface area contributed by atoms with Gasteiger partial charge in [0.15, 0.2) is 11.5 Å². The molecule has 0 bridgehead atoms. The summed E-state index contributed by atoms with van der Waals surface area (Å²) < 4.78 is 29.5. The molecule has 2 rings (SSSR count). The molecule has 0 saturated carbocycles. The molecule has 0 heterocycles. The number of hydrogen-bond acceptors (Lipinski definition) is 6. The number of nitrogens with one attached hydrogen (secondary N) is 1. The second-order valence-electron chi connectivity index (χ2n) is 5.35. The van der Waals surface area contributed by atoms with Crippen LogP contribution in [0.1, 0.15) is 12.5 Å². The van der Waals surface area contributed by atoms with Crippen LogP contribution in [0.5, 0.6) is 17.2 Å². The summed E-state index contributed by atoms with van der Waals surface area (Å²) in [5.41, 5.74) is 7.43. The summed E-state index contributed by atoms with van der Waals surface area (Å²) in [6, 6.07) is 10.7. The van der Waals surface area contributed by atoms with E-state index in [1.165, 1.54) is 30.5 Å². The van der Waals surface area contributed by atoms with Gasteiger partial charge in [-0.1, -0.05) is 0 Å². The number of hydrogen-bond donors (Lipinski definition) is 2. The van der Waals surface area contributed by atoms with Crippen molar-refractivity contribution in [3.8, 4) is 17.2 Å². The smallest absolute Gasteiger partial charge is 0.329 e. The van der Waals surface area contributed by atoms with E-state index < -0.39 is 11.8 Å². The van der Waals surface area contributed by atoms with Crippen molar-refractivity contribution in [1.29, 1.82) is 0 Å². The Bertz CT molecular complexity index is 840. The molecule has 0 aliphatic carbocycles. The SMILES string of the molecule is CCOc1cc(/C=N/NC(=O)C(N)=O)ccc1OCCOc1ccc(F)cc1. The van der Waals surface area contributed by atoms with E-state index >= 15 is 0 Å². The predicted octanol–water partition coefficient (Wildman–Crippen LogP) is 1.62. The third-order valence-electron chi connectivity index (χ3n) is 3.29. The highest BCUT2D eigenvalue weighted by Gasteiger charge is 2.08. The minimum Gasteiger partial charge on any atom is -0.490 e. The number of carbonyl (C=O) groups excluding carboxylic acids is 2. The van der Waals surface area contributed by atoms with Gasteiger partial charge in [0, 0.05) is 0 Å². The summed E-state index contributed by atoms with van der Waals surface area (Å²) in [5.74, 6) is -0.944. The van der Waals surface area contributed by atoms with Gasteiger partial charge >= 0.3 is 11.8 Å². The molecule has 0 radical (unpaired) electrons. The normalized spacial score (nSPS) is 10.5. The van der Waals surface area contributed by atoms with Crippen LogP contribution in [0.3, 0.4) is 0 Å². The minimum atomic E-state index is -1.13. The van der Waals surface area contributed by atoms with E-state index in [2.05, 4.69) is 5.10 Å². The van der Waals surface area contributed by atoms with Crippen molar-refractivity contribution in [2.45, 2.75) is 6.92 Å². The fourth-order valence-corrected chi connectivity index (χ4v) is 2.06. The van der Waals surface area contributed by atoms with Crippen molar-refractivity contribution in [3.05, 3.63) is 53.8 Å².